The van der Waals surface area contributed by atoms with Gasteiger partial charge in [-0.2, -0.15) is 5.26 Å². The van der Waals surface area contributed by atoms with E-state index in [-0.39, 0.29) is 17.6 Å². The lowest BCUT2D eigenvalue weighted by atomic mass is 9.98. The van der Waals surface area contributed by atoms with Gasteiger partial charge in [0.05, 0.1) is 31.5 Å². The lowest BCUT2D eigenvalue weighted by Crippen LogP contribution is -2.13. The second kappa shape index (κ2) is 14.0. The highest BCUT2D eigenvalue weighted by molar-refractivity contribution is 6.09. The summed E-state index contributed by atoms with van der Waals surface area (Å²) in [6, 6.07) is 11.0. The van der Waals surface area contributed by atoms with E-state index >= 15 is 0 Å². The monoisotopic (exact) mass is 509 g/mol. The Labute approximate surface area is 223 Å². The van der Waals surface area contributed by atoms with E-state index in [1.54, 1.807) is 68.2 Å². The van der Waals surface area contributed by atoms with Gasteiger partial charge >= 0.3 is 0 Å². The largest absolute Gasteiger partial charge is 0.501 e. The first-order valence-electron chi connectivity index (χ1n) is 12.1. The number of carbonyl (C=O) groups is 1. The van der Waals surface area contributed by atoms with Crippen molar-refractivity contribution < 1.29 is 14.3 Å². The Balaban J connectivity index is 1.90. The molecule has 8 nitrogen and oxygen atoms in total. The van der Waals surface area contributed by atoms with Crippen LogP contribution in [0.4, 0.5) is 0 Å². The van der Waals surface area contributed by atoms with Crippen LogP contribution in [0.15, 0.2) is 97.0 Å². The van der Waals surface area contributed by atoms with E-state index in [1.807, 2.05) is 19.1 Å². The maximum Gasteiger partial charge on any atom is 0.187 e. The van der Waals surface area contributed by atoms with Gasteiger partial charge in [0.1, 0.15) is 5.75 Å². The molecule has 194 valence electrons. The fourth-order valence-electron chi connectivity index (χ4n) is 3.59. The molecule has 0 radical (unpaired) electrons. The van der Waals surface area contributed by atoms with Gasteiger partial charge in [0.2, 0.25) is 0 Å². The van der Waals surface area contributed by atoms with Crippen LogP contribution in [0, 0.1) is 22.7 Å². The molecule has 1 aromatic carbocycles. The summed E-state index contributed by atoms with van der Waals surface area (Å²) in [5, 5.41) is 20.4. The number of nitrogens with zero attached hydrogens (tertiary/aromatic N) is 2. The minimum absolute atomic E-state index is 0.153. The Kier molecular flexibility index (Phi) is 10.2. The number of hydrogen-bond acceptors (Lipinski definition) is 8. The smallest absolute Gasteiger partial charge is 0.187 e. The summed E-state index contributed by atoms with van der Waals surface area (Å²) in [6.07, 6.45) is 16.0. The van der Waals surface area contributed by atoms with E-state index in [9.17, 15) is 10.1 Å². The summed E-state index contributed by atoms with van der Waals surface area (Å²) in [5.74, 6) is 0.179. The van der Waals surface area contributed by atoms with E-state index < -0.39 is 0 Å². The number of aromatic nitrogens is 1. The first-order valence-corrected chi connectivity index (χ1v) is 12.1. The number of hydrogen-bond donors (Lipinski definition) is 3. The van der Waals surface area contributed by atoms with Gasteiger partial charge in [0, 0.05) is 59.2 Å². The average molecular weight is 510 g/mol. The Bertz CT molecular complexity index is 1350. The number of carbonyl (C=O) groups excluding carboxylic acids is 1. The van der Waals surface area contributed by atoms with Crippen LogP contribution in [-0.2, 0) is 4.74 Å². The second-order valence-corrected chi connectivity index (χ2v) is 8.63. The summed E-state index contributed by atoms with van der Waals surface area (Å²) >= 11 is 0. The van der Waals surface area contributed by atoms with Crippen molar-refractivity contribution in [3.8, 4) is 11.8 Å². The molecule has 0 aliphatic carbocycles. The molecule has 38 heavy (non-hydrogen) atoms. The number of ketones is 1. The molecule has 1 aromatic heterocycles. The standard InChI is InChI=1S/C30H31N5O3/c1-21(5-4-10-31)28(14-29(36)25-7-3-6-24(13-25)22(2)15-32)35-17-26(16-33)27-18-34-11-8-30(27)38-20-23-9-12-37-19-23/h3-14,16-18,22-23,33,35H,19-20,31H2,1-2H3/b10-4+,21-5-,26-17+,28-14+,33-16?. The molecule has 2 atom stereocenters. The van der Waals surface area contributed by atoms with Crippen LogP contribution in [0.1, 0.15) is 41.3 Å². The molecule has 0 saturated heterocycles. The van der Waals surface area contributed by atoms with Gasteiger partial charge in [-0.25, -0.2) is 0 Å². The summed E-state index contributed by atoms with van der Waals surface area (Å²) in [4.78, 5) is 17.4. The van der Waals surface area contributed by atoms with Crippen LogP contribution in [0.5, 0.6) is 5.75 Å². The first kappa shape index (κ1) is 27.7. The quantitative estimate of drug-likeness (QED) is 0.158. The van der Waals surface area contributed by atoms with Crippen LogP contribution in [0.25, 0.3) is 5.57 Å². The molecule has 1 aliphatic rings. The molecule has 0 fully saturated rings. The first-order chi connectivity index (χ1) is 18.5. The molecule has 0 amide bonds. The van der Waals surface area contributed by atoms with E-state index in [1.165, 1.54) is 18.5 Å². The predicted octanol–water partition coefficient (Wildman–Crippen LogP) is 5.01. The number of benzene rings is 1. The van der Waals surface area contributed by atoms with Crippen molar-refractivity contribution in [2.75, 3.05) is 13.2 Å². The van der Waals surface area contributed by atoms with E-state index in [4.69, 9.17) is 20.6 Å². The second-order valence-electron chi connectivity index (χ2n) is 8.63. The van der Waals surface area contributed by atoms with Crippen LogP contribution < -0.4 is 15.8 Å². The number of pyridine rings is 1. The van der Waals surface area contributed by atoms with Crippen LogP contribution in [0.2, 0.25) is 0 Å². The molecule has 0 saturated carbocycles. The zero-order chi connectivity index (χ0) is 27.3. The molecule has 3 rings (SSSR count). The van der Waals surface area contributed by atoms with E-state index in [0.29, 0.717) is 41.4 Å². The number of ether oxygens (including phenoxy) is 2. The van der Waals surface area contributed by atoms with E-state index in [0.717, 1.165) is 11.1 Å². The van der Waals surface area contributed by atoms with Gasteiger partial charge in [-0.3, -0.25) is 9.78 Å². The summed E-state index contributed by atoms with van der Waals surface area (Å²) in [7, 11) is 0. The zero-order valence-corrected chi connectivity index (χ0v) is 21.4. The van der Waals surface area contributed by atoms with Crippen molar-refractivity contribution in [1.29, 1.82) is 10.7 Å². The maximum absolute atomic E-state index is 13.2. The SMILES string of the molecule is CC(=C/C=C/N)/C(=C\C(=O)c1cccc(C(C)C#N)c1)N/C=C(\C=N)c1cnccc1OCC1C=COC1. The highest BCUT2D eigenvalue weighted by Crippen LogP contribution is 2.25. The minimum Gasteiger partial charge on any atom is -0.501 e. The highest BCUT2D eigenvalue weighted by Gasteiger charge is 2.15. The predicted molar refractivity (Wildman–Crippen MR) is 148 cm³/mol. The topological polar surface area (TPSA) is 134 Å². The third-order valence-electron chi connectivity index (χ3n) is 5.86. The number of allylic oxidation sites excluding steroid dienone is 5. The van der Waals surface area contributed by atoms with Gasteiger partial charge in [-0.1, -0.05) is 24.3 Å². The summed E-state index contributed by atoms with van der Waals surface area (Å²) < 4.78 is 11.3. The van der Waals surface area contributed by atoms with Gasteiger partial charge in [0.15, 0.2) is 5.78 Å². The average Bonchev–Trinajstić information content (AvgIpc) is 3.48. The molecular formula is C30H31N5O3. The molecule has 0 bridgehead atoms. The minimum atomic E-state index is -0.327. The molecule has 2 heterocycles. The Morgan fingerprint density at radius 1 is 1.42 bits per heavy atom. The third-order valence-corrected chi connectivity index (χ3v) is 5.86. The van der Waals surface area contributed by atoms with Gasteiger partial charge in [0.25, 0.3) is 0 Å². The normalized spacial score (nSPS) is 16.6. The zero-order valence-electron chi connectivity index (χ0n) is 21.4. The number of nitrogens with one attached hydrogen (secondary N) is 2. The Morgan fingerprint density at radius 3 is 2.97 bits per heavy atom. The van der Waals surface area contributed by atoms with Crippen molar-refractivity contribution >= 4 is 17.6 Å². The molecular weight excluding hydrogens is 478 g/mol. The lowest BCUT2D eigenvalue weighted by Gasteiger charge is -2.14. The van der Waals surface area contributed by atoms with Gasteiger partial charge in [-0.15, -0.1) is 0 Å². The maximum atomic E-state index is 13.2. The van der Waals surface area contributed by atoms with Crippen molar-refractivity contribution in [2.24, 2.45) is 11.7 Å². The van der Waals surface area contributed by atoms with E-state index in [2.05, 4.69) is 16.4 Å². The molecule has 1 aliphatic heterocycles. The van der Waals surface area contributed by atoms with Crippen LogP contribution in [0.3, 0.4) is 0 Å². The molecule has 2 unspecified atom stereocenters. The molecule has 4 N–H and O–H groups in total. The number of rotatable bonds is 12. The Hall–Kier alpha value is -4.90. The van der Waals surface area contributed by atoms with Crippen molar-refractivity contribution in [3.05, 3.63) is 114 Å². The fraction of sp³-hybridized carbons (Fsp3) is 0.200. The fourth-order valence-corrected chi connectivity index (χ4v) is 3.59. The summed E-state index contributed by atoms with van der Waals surface area (Å²) in [5.41, 5.74) is 9.15. The van der Waals surface area contributed by atoms with Crippen molar-refractivity contribution in [3.63, 3.8) is 0 Å². The highest BCUT2D eigenvalue weighted by atomic mass is 16.5. The number of nitriles is 1. The Morgan fingerprint density at radius 2 is 2.26 bits per heavy atom. The number of nitrogens with two attached hydrogens (primary N) is 1. The lowest BCUT2D eigenvalue weighted by molar-refractivity contribution is 0.104. The third kappa shape index (κ3) is 7.55. The van der Waals surface area contributed by atoms with Crippen LogP contribution >= 0.6 is 0 Å². The van der Waals surface area contributed by atoms with Crippen molar-refractivity contribution in [1.82, 2.24) is 10.3 Å². The summed E-state index contributed by atoms with van der Waals surface area (Å²) in [6.45, 7) is 4.63. The van der Waals surface area contributed by atoms with Gasteiger partial charge < -0.3 is 25.9 Å². The molecule has 8 heteroatoms. The van der Waals surface area contributed by atoms with Crippen LogP contribution in [-0.4, -0.2) is 30.2 Å². The molecule has 2 aromatic rings. The van der Waals surface area contributed by atoms with Crippen molar-refractivity contribution in [2.45, 2.75) is 19.8 Å². The molecule has 0 spiro atoms. The van der Waals surface area contributed by atoms with Gasteiger partial charge in [-0.05, 0) is 55.5 Å².